The van der Waals surface area contributed by atoms with Crippen molar-refractivity contribution >= 4 is 33.1 Å². The molecule has 0 aliphatic heterocycles. The lowest BCUT2D eigenvalue weighted by Gasteiger charge is -2.12. The molecule has 0 spiro atoms. The molecule has 5 aromatic carbocycles. The van der Waals surface area contributed by atoms with E-state index in [9.17, 15) is 0 Å². The highest BCUT2D eigenvalue weighted by Crippen LogP contribution is 2.36. The van der Waals surface area contributed by atoms with Crippen LogP contribution in [0.3, 0.4) is 0 Å². The number of hydrogen-bond donors (Lipinski definition) is 0. The van der Waals surface area contributed by atoms with E-state index in [0.717, 1.165) is 22.4 Å². The SMILES string of the molecule is Clc1cc(-c2cccc(-c3cc4ccccc4c4ccccc34)c2)nc(-c2ccccc2)n1. The Morgan fingerprint density at radius 2 is 1.15 bits per heavy atom. The summed E-state index contributed by atoms with van der Waals surface area (Å²) in [7, 11) is 0. The molecule has 33 heavy (non-hydrogen) atoms. The average Bonchev–Trinajstić information content (AvgIpc) is 2.88. The molecule has 0 aliphatic carbocycles. The first-order valence-corrected chi connectivity index (χ1v) is 11.3. The summed E-state index contributed by atoms with van der Waals surface area (Å²) >= 11 is 6.40. The van der Waals surface area contributed by atoms with E-state index in [0.29, 0.717) is 11.0 Å². The maximum absolute atomic E-state index is 6.40. The highest BCUT2D eigenvalue weighted by molar-refractivity contribution is 6.29. The zero-order valence-electron chi connectivity index (χ0n) is 17.7. The first kappa shape index (κ1) is 19.7. The van der Waals surface area contributed by atoms with Gasteiger partial charge in [-0.2, -0.15) is 0 Å². The molecule has 1 heterocycles. The summed E-state index contributed by atoms with van der Waals surface area (Å²) in [5.41, 5.74) is 5.10. The van der Waals surface area contributed by atoms with Gasteiger partial charge in [0.05, 0.1) is 5.69 Å². The number of fused-ring (bicyclic) bond motifs is 3. The molecule has 0 unspecified atom stereocenters. The van der Waals surface area contributed by atoms with Crippen LogP contribution in [-0.2, 0) is 0 Å². The Hall–Kier alpha value is -4.01. The van der Waals surface area contributed by atoms with Crippen molar-refractivity contribution in [1.82, 2.24) is 9.97 Å². The number of benzene rings is 5. The number of aromatic nitrogens is 2. The van der Waals surface area contributed by atoms with Crippen molar-refractivity contribution in [2.24, 2.45) is 0 Å². The second kappa shape index (κ2) is 8.16. The van der Waals surface area contributed by atoms with Gasteiger partial charge in [0, 0.05) is 17.2 Å². The van der Waals surface area contributed by atoms with Gasteiger partial charge in [0.1, 0.15) is 5.15 Å². The van der Waals surface area contributed by atoms with Gasteiger partial charge in [-0.1, -0.05) is 109 Å². The van der Waals surface area contributed by atoms with Gasteiger partial charge >= 0.3 is 0 Å². The van der Waals surface area contributed by atoms with Crippen LogP contribution in [0, 0.1) is 0 Å². The molecule has 1 aromatic heterocycles. The van der Waals surface area contributed by atoms with Crippen LogP contribution < -0.4 is 0 Å². The van der Waals surface area contributed by atoms with Gasteiger partial charge in [-0.3, -0.25) is 0 Å². The summed E-state index contributed by atoms with van der Waals surface area (Å²) in [6.45, 7) is 0. The molecule has 3 heteroatoms. The highest BCUT2D eigenvalue weighted by Gasteiger charge is 2.11. The molecule has 0 fully saturated rings. The molecule has 156 valence electrons. The topological polar surface area (TPSA) is 25.8 Å². The van der Waals surface area contributed by atoms with Crippen molar-refractivity contribution in [2.45, 2.75) is 0 Å². The standard InChI is InChI=1S/C30H19ClN2/c31-29-19-28(32-30(33-29)20-9-2-1-3-10-20)23-13-8-12-21(17-23)27-18-22-11-4-5-14-24(22)25-15-6-7-16-26(25)27/h1-19H. The number of nitrogens with zero attached hydrogens (tertiary/aromatic N) is 2. The summed E-state index contributed by atoms with van der Waals surface area (Å²) in [5.74, 6) is 0.625. The van der Waals surface area contributed by atoms with Gasteiger partial charge in [0.2, 0.25) is 0 Å². The Bertz CT molecular complexity index is 1620. The Balaban J connectivity index is 1.53. The number of hydrogen-bond acceptors (Lipinski definition) is 2. The van der Waals surface area contributed by atoms with Crippen LogP contribution in [0.25, 0.3) is 55.3 Å². The minimum absolute atomic E-state index is 0.431. The quantitative estimate of drug-likeness (QED) is 0.203. The van der Waals surface area contributed by atoms with E-state index in [1.165, 1.54) is 27.1 Å². The fraction of sp³-hybridized carbons (Fsp3) is 0. The molecule has 0 amide bonds. The van der Waals surface area contributed by atoms with Gasteiger partial charge in [-0.05, 0) is 44.8 Å². The maximum atomic E-state index is 6.40. The van der Waals surface area contributed by atoms with Crippen LogP contribution in [-0.4, -0.2) is 9.97 Å². The van der Waals surface area contributed by atoms with Gasteiger partial charge in [-0.15, -0.1) is 0 Å². The summed E-state index contributed by atoms with van der Waals surface area (Å²) < 4.78 is 0. The third-order valence-electron chi connectivity index (χ3n) is 5.96. The molecule has 0 radical (unpaired) electrons. The van der Waals surface area contributed by atoms with Crippen LogP contribution in [0.1, 0.15) is 0 Å². The van der Waals surface area contributed by atoms with E-state index < -0.39 is 0 Å². The van der Waals surface area contributed by atoms with Crippen molar-refractivity contribution in [2.75, 3.05) is 0 Å². The van der Waals surface area contributed by atoms with Crippen LogP contribution in [0.15, 0.2) is 115 Å². The Morgan fingerprint density at radius 1 is 0.485 bits per heavy atom. The van der Waals surface area contributed by atoms with Crippen molar-refractivity contribution < 1.29 is 0 Å². The van der Waals surface area contributed by atoms with Crippen molar-refractivity contribution in [3.8, 4) is 33.8 Å². The molecule has 0 saturated carbocycles. The van der Waals surface area contributed by atoms with E-state index in [1.54, 1.807) is 0 Å². The summed E-state index contributed by atoms with van der Waals surface area (Å²) in [5, 5.41) is 5.42. The van der Waals surface area contributed by atoms with Crippen LogP contribution >= 0.6 is 11.6 Å². The Morgan fingerprint density at radius 3 is 2.00 bits per heavy atom. The molecule has 6 rings (SSSR count). The molecular weight excluding hydrogens is 424 g/mol. The summed E-state index contributed by atoms with van der Waals surface area (Å²) in [4.78, 5) is 9.27. The van der Waals surface area contributed by atoms with E-state index in [4.69, 9.17) is 16.6 Å². The second-order valence-corrected chi connectivity index (χ2v) is 8.42. The molecule has 0 atom stereocenters. The minimum Gasteiger partial charge on any atom is -0.228 e. The largest absolute Gasteiger partial charge is 0.228 e. The lowest BCUT2D eigenvalue weighted by Crippen LogP contribution is -1.93. The monoisotopic (exact) mass is 442 g/mol. The van der Waals surface area contributed by atoms with Gasteiger partial charge in [0.25, 0.3) is 0 Å². The molecule has 0 bridgehead atoms. The second-order valence-electron chi connectivity index (χ2n) is 8.04. The van der Waals surface area contributed by atoms with Crippen molar-refractivity contribution in [1.29, 1.82) is 0 Å². The molecule has 6 aromatic rings. The predicted octanol–water partition coefficient (Wildman–Crippen LogP) is 8.44. The van der Waals surface area contributed by atoms with Gasteiger partial charge in [0.15, 0.2) is 5.82 Å². The van der Waals surface area contributed by atoms with E-state index in [2.05, 4.69) is 83.8 Å². The van der Waals surface area contributed by atoms with E-state index in [-0.39, 0.29) is 0 Å². The first-order valence-electron chi connectivity index (χ1n) is 10.9. The number of halogens is 1. The first-order chi connectivity index (χ1) is 16.3. The normalized spacial score (nSPS) is 11.2. The molecule has 2 nitrogen and oxygen atoms in total. The zero-order valence-corrected chi connectivity index (χ0v) is 18.5. The fourth-order valence-corrected chi connectivity index (χ4v) is 4.60. The van der Waals surface area contributed by atoms with Crippen molar-refractivity contribution in [3.05, 3.63) is 120 Å². The fourth-order valence-electron chi connectivity index (χ4n) is 4.42. The third-order valence-corrected chi connectivity index (χ3v) is 6.16. The Labute approximate surface area is 197 Å². The van der Waals surface area contributed by atoms with Crippen LogP contribution in [0.4, 0.5) is 0 Å². The summed E-state index contributed by atoms with van der Waals surface area (Å²) in [6.07, 6.45) is 0. The molecule has 0 aliphatic rings. The lowest BCUT2D eigenvalue weighted by molar-refractivity contribution is 1.18. The smallest absolute Gasteiger partial charge is 0.161 e. The molecule has 0 saturated heterocycles. The number of rotatable bonds is 3. The van der Waals surface area contributed by atoms with Crippen molar-refractivity contribution in [3.63, 3.8) is 0 Å². The summed E-state index contributed by atoms with van der Waals surface area (Å²) in [6, 6.07) is 39.6. The van der Waals surface area contributed by atoms with Gasteiger partial charge in [-0.25, -0.2) is 9.97 Å². The highest BCUT2D eigenvalue weighted by atomic mass is 35.5. The zero-order chi connectivity index (χ0) is 22.2. The molecule has 0 N–H and O–H groups in total. The third kappa shape index (κ3) is 3.65. The van der Waals surface area contributed by atoms with Gasteiger partial charge < -0.3 is 0 Å². The lowest BCUT2D eigenvalue weighted by atomic mass is 9.92. The van der Waals surface area contributed by atoms with Crippen LogP contribution in [0.5, 0.6) is 0 Å². The van der Waals surface area contributed by atoms with E-state index >= 15 is 0 Å². The predicted molar refractivity (Wildman–Crippen MR) is 138 cm³/mol. The average molecular weight is 443 g/mol. The Kier molecular flexibility index (Phi) is 4.86. The van der Waals surface area contributed by atoms with E-state index in [1.807, 2.05) is 36.4 Å². The van der Waals surface area contributed by atoms with Crippen LogP contribution in [0.2, 0.25) is 5.15 Å². The minimum atomic E-state index is 0.431. The molecular formula is C30H19ClN2. The maximum Gasteiger partial charge on any atom is 0.161 e.